The fourth-order valence-electron chi connectivity index (χ4n) is 1.48. The fourth-order valence-corrected chi connectivity index (χ4v) is 1.48. The van der Waals surface area contributed by atoms with Crippen LogP contribution in [0.25, 0.3) is 0 Å². The standard InChI is InChI=1S/C14H9F3N2O2/c15-14(16,17)13(21)9-1-3-10(4-2-9)18-19-11-5-7-12(20)8-6-11/h1-8,20H. The van der Waals surface area contributed by atoms with Crippen molar-refractivity contribution in [3.05, 3.63) is 54.1 Å². The molecule has 0 aliphatic rings. The minimum atomic E-state index is -4.89. The van der Waals surface area contributed by atoms with E-state index in [0.717, 1.165) is 12.1 Å². The Morgan fingerprint density at radius 2 is 1.29 bits per heavy atom. The first-order valence-corrected chi connectivity index (χ1v) is 5.78. The van der Waals surface area contributed by atoms with Crippen LogP contribution in [0.15, 0.2) is 58.8 Å². The van der Waals surface area contributed by atoms with Crippen molar-refractivity contribution in [1.29, 1.82) is 0 Å². The molecule has 0 fully saturated rings. The molecule has 2 rings (SSSR count). The summed E-state index contributed by atoms with van der Waals surface area (Å²) in [5.41, 5.74) is 0.330. The number of carbonyl (C=O) groups is 1. The summed E-state index contributed by atoms with van der Waals surface area (Å²) in [6.45, 7) is 0. The van der Waals surface area contributed by atoms with Crippen molar-refractivity contribution >= 4 is 17.2 Å². The molecule has 4 nitrogen and oxygen atoms in total. The highest BCUT2D eigenvalue weighted by Gasteiger charge is 2.39. The van der Waals surface area contributed by atoms with Crippen LogP contribution in [0.3, 0.4) is 0 Å². The van der Waals surface area contributed by atoms with Crippen LogP contribution in [0.4, 0.5) is 24.5 Å². The van der Waals surface area contributed by atoms with Crippen LogP contribution in [0, 0.1) is 0 Å². The Hall–Kier alpha value is -2.70. The average molecular weight is 294 g/mol. The van der Waals surface area contributed by atoms with Gasteiger partial charge in [-0.2, -0.15) is 23.4 Å². The van der Waals surface area contributed by atoms with Gasteiger partial charge in [-0.3, -0.25) is 4.79 Å². The highest BCUT2D eigenvalue weighted by molar-refractivity contribution is 6.00. The minimum absolute atomic E-state index is 0.0870. The molecule has 0 unspecified atom stereocenters. The zero-order valence-electron chi connectivity index (χ0n) is 10.5. The molecule has 2 aromatic rings. The number of benzene rings is 2. The van der Waals surface area contributed by atoms with E-state index in [1.54, 1.807) is 0 Å². The van der Waals surface area contributed by atoms with Crippen LogP contribution in [0.1, 0.15) is 10.4 Å². The number of azo groups is 1. The van der Waals surface area contributed by atoms with E-state index in [0.29, 0.717) is 11.4 Å². The number of hydrogen-bond acceptors (Lipinski definition) is 4. The predicted molar refractivity (Wildman–Crippen MR) is 69.1 cm³/mol. The lowest BCUT2D eigenvalue weighted by molar-refractivity contribution is -0.0885. The number of hydrogen-bond donors (Lipinski definition) is 1. The topological polar surface area (TPSA) is 62.0 Å². The maximum atomic E-state index is 12.2. The van der Waals surface area contributed by atoms with Gasteiger partial charge in [-0.25, -0.2) is 0 Å². The summed E-state index contributed by atoms with van der Waals surface area (Å²) in [4.78, 5) is 11.0. The number of phenolic OH excluding ortho intramolecular Hbond substituents is 1. The van der Waals surface area contributed by atoms with E-state index in [2.05, 4.69) is 10.2 Å². The first-order valence-electron chi connectivity index (χ1n) is 5.78. The molecule has 0 aromatic heterocycles. The predicted octanol–water partition coefficient (Wildman–Crippen LogP) is 4.55. The molecule has 0 radical (unpaired) electrons. The third-order valence-corrected chi connectivity index (χ3v) is 2.52. The average Bonchev–Trinajstić information content (AvgIpc) is 2.45. The number of Topliss-reactive ketones (excluding diaryl/α,β-unsaturated/α-hetero) is 1. The number of ketones is 1. The van der Waals surface area contributed by atoms with Gasteiger partial charge in [-0.1, -0.05) is 0 Å². The first-order chi connectivity index (χ1) is 9.86. The molecule has 7 heteroatoms. The van der Waals surface area contributed by atoms with Gasteiger partial charge < -0.3 is 5.11 Å². The quantitative estimate of drug-likeness (QED) is 0.666. The molecule has 0 saturated carbocycles. The van der Waals surface area contributed by atoms with E-state index in [1.807, 2.05) is 0 Å². The second-order valence-electron chi connectivity index (χ2n) is 4.09. The Bertz CT molecular complexity index is 662. The van der Waals surface area contributed by atoms with Gasteiger partial charge in [0, 0.05) is 5.56 Å². The summed E-state index contributed by atoms with van der Waals surface area (Å²) in [6.07, 6.45) is -4.89. The van der Waals surface area contributed by atoms with Crippen LogP contribution in [-0.2, 0) is 0 Å². The molecular weight excluding hydrogens is 285 g/mol. The summed E-state index contributed by atoms with van der Waals surface area (Å²) in [5, 5.41) is 16.8. The van der Waals surface area contributed by atoms with Crippen molar-refractivity contribution in [3.8, 4) is 5.75 Å². The summed E-state index contributed by atoms with van der Waals surface area (Å²) in [5.74, 6) is -1.81. The smallest absolute Gasteiger partial charge is 0.454 e. The number of aromatic hydroxyl groups is 1. The number of halogens is 3. The Labute approximate surface area is 117 Å². The van der Waals surface area contributed by atoms with E-state index in [9.17, 15) is 18.0 Å². The lowest BCUT2D eigenvalue weighted by Gasteiger charge is -2.04. The third kappa shape index (κ3) is 3.88. The van der Waals surface area contributed by atoms with Gasteiger partial charge in [0.25, 0.3) is 5.78 Å². The van der Waals surface area contributed by atoms with Crippen LogP contribution in [0.2, 0.25) is 0 Å². The molecule has 21 heavy (non-hydrogen) atoms. The Morgan fingerprint density at radius 3 is 1.71 bits per heavy atom. The maximum Gasteiger partial charge on any atom is 0.454 e. The maximum absolute atomic E-state index is 12.2. The van der Waals surface area contributed by atoms with E-state index < -0.39 is 17.5 Å². The number of rotatable bonds is 3. The van der Waals surface area contributed by atoms with Crippen molar-refractivity contribution in [2.45, 2.75) is 6.18 Å². The van der Waals surface area contributed by atoms with Crippen LogP contribution in [0.5, 0.6) is 5.75 Å². The van der Waals surface area contributed by atoms with Crippen LogP contribution < -0.4 is 0 Å². The summed E-state index contributed by atoms with van der Waals surface area (Å²) < 4.78 is 36.7. The molecule has 0 aliphatic heterocycles. The van der Waals surface area contributed by atoms with Gasteiger partial charge in [-0.15, -0.1) is 0 Å². The lowest BCUT2D eigenvalue weighted by atomic mass is 10.1. The molecule has 0 spiro atoms. The second-order valence-corrected chi connectivity index (χ2v) is 4.09. The lowest BCUT2D eigenvalue weighted by Crippen LogP contribution is -2.22. The Balaban J connectivity index is 2.12. The van der Waals surface area contributed by atoms with Crippen molar-refractivity contribution in [2.24, 2.45) is 10.2 Å². The van der Waals surface area contributed by atoms with Crippen molar-refractivity contribution < 1.29 is 23.1 Å². The number of alkyl halides is 3. The van der Waals surface area contributed by atoms with E-state index in [-0.39, 0.29) is 5.75 Å². The SMILES string of the molecule is O=C(c1ccc(N=Nc2ccc(O)cc2)cc1)C(F)(F)F. The van der Waals surface area contributed by atoms with E-state index in [4.69, 9.17) is 5.11 Å². The molecule has 1 N–H and O–H groups in total. The second kappa shape index (κ2) is 5.74. The minimum Gasteiger partial charge on any atom is -0.508 e. The van der Waals surface area contributed by atoms with Gasteiger partial charge in [-0.05, 0) is 48.5 Å². The molecule has 0 bridgehead atoms. The summed E-state index contributed by atoms with van der Waals surface area (Å²) >= 11 is 0. The van der Waals surface area contributed by atoms with Gasteiger partial charge in [0.1, 0.15) is 5.75 Å². The molecule has 108 valence electrons. The van der Waals surface area contributed by atoms with Crippen LogP contribution >= 0.6 is 0 Å². The largest absolute Gasteiger partial charge is 0.508 e. The highest BCUT2D eigenvalue weighted by Crippen LogP contribution is 2.24. The summed E-state index contributed by atoms with van der Waals surface area (Å²) in [6, 6.07) is 10.5. The van der Waals surface area contributed by atoms with E-state index in [1.165, 1.54) is 36.4 Å². The van der Waals surface area contributed by atoms with Crippen molar-refractivity contribution in [3.63, 3.8) is 0 Å². The number of phenols is 1. The number of carbonyl (C=O) groups excluding carboxylic acids is 1. The zero-order valence-corrected chi connectivity index (χ0v) is 10.5. The highest BCUT2D eigenvalue weighted by atomic mass is 19.4. The molecule has 0 atom stereocenters. The molecule has 0 aliphatic carbocycles. The van der Waals surface area contributed by atoms with Gasteiger partial charge >= 0.3 is 6.18 Å². The molecule has 0 amide bonds. The molecule has 0 saturated heterocycles. The van der Waals surface area contributed by atoms with Gasteiger partial charge in [0.15, 0.2) is 0 Å². The first kappa shape index (κ1) is 14.7. The Kier molecular flexibility index (Phi) is 4.02. The molecule has 2 aromatic carbocycles. The Morgan fingerprint density at radius 1 is 0.857 bits per heavy atom. The zero-order chi connectivity index (χ0) is 15.5. The monoisotopic (exact) mass is 294 g/mol. The third-order valence-electron chi connectivity index (χ3n) is 2.52. The van der Waals surface area contributed by atoms with Gasteiger partial charge in [0.05, 0.1) is 11.4 Å². The summed E-state index contributed by atoms with van der Waals surface area (Å²) in [7, 11) is 0. The number of nitrogens with zero attached hydrogens (tertiary/aromatic N) is 2. The fraction of sp³-hybridized carbons (Fsp3) is 0.0714. The van der Waals surface area contributed by atoms with Gasteiger partial charge in [0.2, 0.25) is 0 Å². The van der Waals surface area contributed by atoms with Crippen molar-refractivity contribution in [2.75, 3.05) is 0 Å². The van der Waals surface area contributed by atoms with Crippen LogP contribution in [-0.4, -0.2) is 17.1 Å². The van der Waals surface area contributed by atoms with Crippen molar-refractivity contribution in [1.82, 2.24) is 0 Å². The van der Waals surface area contributed by atoms with E-state index >= 15 is 0 Å². The molecule has 0 heterocycles. The normalized spacial score (nSPS) is 11.8. The molecular formula is C14H9F3N2O2.